The van der Waals surface area contributed by atoms with Crippen molar-refractivity contribution >= 4 is 5.91 Å². The number of primary amides is 1. The second kappa shape index (κ2) is 6.44. The van der Waals surface area contributed by atoms with Crippen molar-refractivity contribution in [3.8, 4) is 5.75 Å². The molecule has 0 atom stereocenters. The summed E-state index contributed by atoms with van der Waals surface area (Å²) in [7, 11) is 0. The van der Waals surface area contributed by atoms with E-state index in [2.05, 4.69) is 32.0 Å². The van der Waals surface area contributed by atoms with Crippen molar-refractivity contribution in [3.63, 3.8) is 0 Å². The molecule has 2 rings (SSSR count). The Kier molecular flexibility index (Phi) is 4.63. The second-order valence-electron chi connectivity index (χ2n) is 5.49. The molecule has 0 radical (unpaired) electrons. The quantitative estimate of drug-likeness (QED) is 0.907. The molecule has 2 aromatic carbocycles. The maximum Gasteiger partial charge on any atom is 0.249 e. The van der Waals surface area contributed by atoms with Crippen molar-refractivity contribution in [2.24, 2.45) is 5.73 Å². The fourth-order valence-electron chi connectivity index (χ4n) is 2.17. The first-order valence-electron chi connectivity index (χ1n) is 7.10. The molecule has 0 spiro atoms. The van der Waals surface area contributed by atoms with Gasteiger partial charge in [-0.2, -0.15) is 0 Å². The van der Waals surface area contributed by atoms with Gasteiger partial charge in [0, 0.05) is 11.1 Å². The Hall–Kier alpha value is -2.29. The Morgan fingerprint density at radius 3 is 2.57 bits per heavy atom. The van der Waals surface area contributed by atoms with Gasteiger partial charge in [-0.25, -0.2) is 0 Å². The molecular formula is C18H21NO2. The summed E-state index contributed by atoms with van der Waals surface area (Å²) in [5.74, 6) is 0.869. The molecular weight excluding hydrogens is 262 g/mol. The third-order valence-corrected chi connectivity index (χ3v) is 3.54. The smallest absolute Gasteiger partial charge is 0.249 e. The van der Waals surface area contributed by atoms with E-state index >= 15 is 0 Å². The van der Waals surface area contributed by atoms with E-state index < -0.39 is 5.91 Å². The SMILES string of the molecule is Cc1ccc(C(C)C)cc1OCc1ccccc1C(N)=O. The summed E-state index contributed by atoms with van der Waals surface area (Å²) in [6, 6.07) is 13.5. The predicted molar refractivity (Wildman–Crippen MR) is 84.6 cm³/mol. The molecule has 0 saturated heterocycles. The number of benzene rings is 2. The highest BCUT2D eigenvalue weighted by molar-refractivity contribution is 5.94. The first kappa shape index (κ1) is 15.1. The van der Waals surface area contributed by atoms with Gasteiger partial charge in [-0.05, 0) is 36.1 Å². The first-order chi connectivity index (χ1) is 9.99. The molecule has 0 fully saturated rings. The number of hydrogen-bond acceptors (Lipinski definition) is 2. The largest absolute Gasteiger partial charge is 0.489 e. The van der Waals surface area contributed by atoms with Crippen molar-refractivity contribution in [3.05, 3.63) is 64.7 Å². The van der Waals surface area contributed by atoms with Crippen molar-refractivity contribution in [2.45, 2.75) is 33.3 Å². The van der Waals surface area contributed by atoms with Gasteiger partial charge in [0.2, 0.25) is 5.91 Å². The summed E-state index contributed by atoms with van der Waals surface area (Å²) >= 11 is 0. The maximum absolute atomic E-state index is 11.4. The first-order valence-corrected chi connectivity index (χ1v) is 7.10. The Balaban J connectivity index is 2.20. The van der Waals surface area contributed by atoms with Crippen LogP contribution in [0, 0.1) is 6.92 Å². The van der Waals surface area contributed by atoms with Gasteiger partial charge in [0.25, 0.3) is 0 Å². The molecule has 0 heterocycles. The van der Waals surface area contributed by atoms with E-state index in [-0.39, 0.29) is 0 Å². The van der Waals surface area contributed by atoms with Gasteiger partial charge >= 0.3 is 0 Å². The molecule has 2 N–H and O–H groups in total. The van der Waals surface area contributed by atoms with E-state index in [1.54, 1.807) is 12.1 Å². The fraction of sp³-hybridized carbons (Fsp3) is 0.278. The van der Waals surface area contributed by atoms with Gasteiger partial charge in [0.1, 0.15) is 12.4 Å². The minimum absolute atomic E-state index is 0.335. The maximum atomic E-state index is 11.4. The zero-order chi connectivity index (χ0) is 15.4. The Bertz CT molecular complexity index is 647. The molecule has 0 aliphatic rings. The van der Waals surface area contributed by atoms with Crippen LogP contribution in [0.5, 0.6) is 5.75 Å². The van der Waals surface area contributed by atoms with Crippen LogP contribution in [0.1, 0.15) is 46.8 Å². The van der Waals surface area contributed by atoms with Crippen LogP contribution in [0.3, 0.4) is 0 Å². The van der Waals surface area contributed by atoms with Gasteiger partial charge in [-0.15, -0.1) is 0 Å². The predicted octanol–water partition coefficient (Wildman–Crippen LogP) is 3.80. The summed E-state index contributed by atoms with van der Waals surface area (Å²) in [6.07, 6.45) is 0. The molecule has 110 valence electrons. The standard InChI is InChI=1S/C18H21NO2/c1-12(2)14-9-8-13(3)17(10-14)21-11-15-6-4-5-7-16(15)18(19)20/h4-10,12H,11H2,1-3H3,(H2,19,20). The van der Waals surface area contributed by atoms with E-state index in [0.29, 0.717) is 18.1 Å². The average Bonchev–Trinajstić information content (AvgIpc) is 2.46. The molecule has 21 heavy (non-hydrogen) atoms. The number of carbonyl (C=O) groups excluding carboxylic acids is 1. The van der Waals surface area contributed by atoms with Crippen LogP contribution < -0.4 is 10.5 Å². The number of aryl methyl sites for hydroxylation is 1. The van der Waals surface area contributed by atoms with Crippen molar-refractivity contribution < 1.29 is 9.53 Å². The summed E-state index contributed by atoms with van der Waals surface area (Å²) < 4.78 is 5.90. The van der Waals surface area contributed by atoms with Gasteiger partial charge in [0.05, 0.1) is 0 Å². The van der Waals surface area contributed by atoms with Gasteiger partial charge < -0.3 is 10.5 Å². The summed E-state index contributed by atoms with van der Waals surface area (Å²) in [5.41, 5.74) is 9.01. The number of nitrogens with two attached hydrogens (primary N) is 1. The van der Waals surface area contributed by atoms with Gasteiger partial charge in [-0.3, -0.25) is 4.79 Å². The zero-order valence-electron chi connectivity index (χ0n) is 12.7. The van der Waals surface area contributed by atoms with Crippen molar-refractivity contribution in [1.29, 1.82) is 0 Å². The molecule has 0 aliphatic carbocycles. The van der Waals surface area contributed by atoms with Crippen LogP contribution in [0.2, 0.25) is 0 Å². The highest BCUT2D eigenvalue weighted by atomic mass is 16.5. The third-order valence-electron chi connectivity index (χ3n) is 3.54. The highest BCUT2D eigenvalue weighted by Gasteiger charge is 2.09. The van der Waals surface area contributed by atoms with E-state index in [1.165, 1.54) is 5.56 Å². The van der Waals surface area contributed by atoms with Crippen LogP contribution in [0.15, 0.2) is 42.5 Å². The van der Waals surface area contributed by atoms with E-state index in [4.69, 9.17) is 10.5 Å². The normalized spacial score (nSPS) is 10.7. The summed E-state index contributed by atoms with van der Waals surface area (Å²) in [5, 5.41) is 0. The minimum atomic E-state index is -0.429. The molecule has 0 bridgehead atoms. The molecule has 0 aliphatic heterocycles. The van der Waals surface area contributed by atoms with Gasteiger partial charge in [0.15, 0.2) is 0 Å². The topological polar surface area (TPSA) is 52.3 Å². The molecule has 0 aromatic heterocycles. The lowest BCUT2D eigenvalue weighted by Crippen LogP contribution is -2.14. The van der Waals surface area contributed by atoms with Crippen LogP contribution in [-0.2, 0) is 6.61 Å². The zero-order valence-corrected chi connectivity index (χ0v) is 12.7. The summed E-state index contributed by atoms with van der Waals surface area (Å²) in [6.45, 7) is 6.65. The highest BCUT2D eigenvalue weighted by Crippen LogP contribution is 2.25. The van der Waals surface area contributed by atoms with Crippen molar-refractivity contribution in [1.82, 2.24) is 0 Å². The monoisotopic (exact) mass is 283 g/mol. The third kappa shape index (κ3) is 3.63. The molecule has 0 unspecified atom stereocenters. The van der Waals surface area contributed by atoms with Crippen LogP contribution in [-0.4, -0.2) is 5.91 Å². The summed E-state index contributed by atoms with van der Waals surface area (Å²) in [4.78, 5) is 11.4. The number of rotatable bonds is 5. The van der Waals surface area contributed by atoms with E-state index in [1.807, 2.05) is 19.1 Å². The second-order valence-corrected chi connectivity index (χ2v) is 5.49. The molecule has 2 aromatic rings. The number of carbonyl (C=O) groups is 1. The van der Waals surface area contributed by atoms with E-state index in [9.17, 15) is 4.79 Å². The molecule has 3 heteroatoms. The Labute approximate surface area is 125 Å². The Morgan fingerprint density at radius 2 is 1.90 bits per heavy atom. The minimum Gasteiger partial charge on any atom is -0.489 e. The average molecular weight is 283 g/mol. The van der Waals surface area contributed by atoms with Crippen LogP contribution >= 0.6 is 0 Å². The van der Waals surface area contributed by atoms with Crippen LogP contribution in [0.4, 0.5) is 0 Å². The van der Waals surface area contributed by atoms with Crippen LogP contribution in [0.25, 0.3) is 0 Å². The Morgan fingerprint density at radius 1 is 1.19 bits per heavy atom. The molecule has 1 amide bonds. The van der Waals surface area contributed by atoms with Gasteiger partial charge in [-0.1, -0.05) is 44.2 Å². The fourth-order valence-corrected chi connectivity index (χ4v) is 2.17. The van der Waals surface area contributed by atoms with Crippen molar-refractivity contribution in [2.75, 3.05) is 0 Å². The lowest BCUT2D eigenvalue weighted by Gasteiger charge is -2.14. The number of amides is 1. The number of hydrogen-bond donors (Lipinski definition) is 1. The van der Waals surface area contributed by atoms with E-state index in [0.717, 1.165) is 16.9 Å². The molecule has 0 saturated carbocycles. The number of ether oxygens (including phenoxy) is 1. The lowest BCUT2D eigenvalue weighted by atomic mass is 10.0. The molecule has 3 nitrogen and oxygen atoms in total. The lowest BCUT2D eigenvalue weighted by molar-refractivity contribution is 0.0998.